The average Bonchev–Trinajstić information content (AvgIpc) is 2.98. The van der Waals surface area contributed by atoms with Gasteiger partial charge in [-0.1, -0.05) is 31.2 Å². The van der Waals surface area contributed by atoms with Crippen LogP contribution < -0.4 is 0 Å². The summed E-state index contributed by atoms with van der Waals surface area (Å²) in [6.07, 6.45) is 3.33. The molecule has 0 unspecified atom stereocenters. The molecule has 0 aromatic heterocycles. The SMILES string of the molecule is CCc1cccc(C2(CC(=O)O)CC2)c1. The molecule has 2 heteroatoms. The van der Waals surface area contributed by atoms with Gasteiger partial charge in [0.05, 0.1) is 6.42 Å². The fraction of sp³-hybridized carbons (Fsp3) is 0.462. The van der Waals surface area contributed by atoms with E-state index in [9.17, 15) is 4.79 Å². The number of benzene rings is 1. The molecule has 2 nitrogen and oxygen atoms in total. The normalized spacial score (nSPS) is 17.4. The minimum atomic E-state index is -0.686. The van der Waals surface area contributed by atoms with E-state index in [1.165, 1.54) is 11.1 Å². The molecule has 1 aromatic rings. The number of rotatable bonds is 4. The Morgan fingerprint density at radius 1 is 1.47 bits per heavy atom. The van der Waals surface area contributed by atoms with Crippen LogP contribution in [-0.2, 0) is 16.6 Å². The van der Waals surface area contributed by atoms with Crippen molar-refractivity contribution in [3.63, 3.8) is 0 Å². The maximum atomic E-state index is 10.8. The van der Waals surface area contributed by atoms with E-state index in [-0.39, 0.29) is 11.8 Å². The molecule has 80 valence electrons. The van der Waals surface area contributed by atoms with Gasteiger partial charge in [0.1, 0.15) is 0 Å². The van der Waals surface area contributed by atoms with Crippen LogP contribution in [0.5, 0.6) is 0 Å². The second kappa shape index (κ2) is 3.69. The average molecular weight is 204 g/mol. The predicted molar refractivity (Wildman–Crippen MR) is 59.0 cm³/mol. The summed E-state index contributed by atoms with van der Waals surface area (Å²) in [4.78, 5) is 10.8. The number of carboxylic acid groups (broad SMARTS) is 1. The second-order valence-electron chi connectivity index (χ2n) is 4.40. The standard InChI is InChI=1S/C13H16O2/c1-2-10-4-3-5-11(8-10)13(6-7-13)9-12(14)15/h3-5,8H,2,6-7,9H2,1H3,(H,14,15). The molecule has 1 N–H and O–H groups in total. The van der Waals surface area contributed by atoms with Crippen molar-refractivity contribution in [3.05, 3.63) is 35.4 Å². The second-order valence-corrected chi connectivity index (χ2v) is 4.40. The van der Waals surface area contributed by atoms with Gasteiger partial charge in [0.15, 0.2) is 0 Å². The molecule has 0 atom stereocenters. The van der Waals surface area contributed by atoms with E-state index in [0.29, 0.717) is 0 Å². The Kier molecular flexibility index (Phi) is 2.51. The van der Waals surface area contributed by atoms with Gasteiger partial charge in [0.25, 0.3) is 0 Å². The Morgan fingerprint density at radius 3 is 2.73 bits per heavy atom. The molecule has 0 spiro atoms. The first-order valence-electron chi connectivity index (χ1n) is 5.47. The summed E-state index contributed by atoms with van der Waals surface area (Å²) in [6.45, 7) is 2.12. The molecule has 1 saturated carbocycles. The van der Waals surface area contributed by atoms with Crippen LogP contribution in [0.3, 0.4) is 0 Å². The van der Waals surface area contributed by atoms with Crippen LogP contribution >= 0.6 is 0 Å². The van der Waals surface area contributed by atoms with Crippen molar-refractivity contribution in [2.24, 2.45) is 0 Å². The summed E-state index contributed by atoms with van der Waals surface area (Å²) in [7, 11) is 0. The van der Waals surface area contributed by atoms with Gasteiger partial charge >= 0.3 is 5.97 Å². The molecule has 0 aliphatic heterocycles. The molecule has 2 rings (SSSR count). The molecule has 1 aliphatic carbocycles. The monoisotopic (exact) mass is 204 g/mol. The minimum Gasteiger partial charge on any atom is -0.481 e. The van der Waals surface area contributed by atoms with Crippen LogP contribution in [0.2, 0.25) is 0 Å². The van der Waals surface area contributed by atoms with Gasteiger partial charge < -0.3 is 5.11 Å². The van der Waals surface area contributed by atoms with E-state index in [1.807, 2.05) is 6.07 Å². The van der Waals surface area contributed by atoms with Gasteiger partial charge in [-0.05, 0) is 30.4 Å². The van der Waals surface area contributed by atoms with Crippen LogP contribution in [0.15, 0.2) is 24.3 Å². The smallest absolute Gasteiger partial charge is 0.304 e. The lowest BCUT2D eigenvalue weighted by atomic mass is 9.91. The molecule has 1 aromatic carbocycles. The molecule has 0 heterocycles. The van der Waals surface area contributed by atoms with Crippen LogP contribution in [0, 0.1) is 0 Å². The summed E-state index contributed by atoms with van der Waals surface area (Å²) in [5.41, 5.74) is 2.46. The van der Waals surface area contributed by atoms with Crippen molar-refractivity contribution in [3.8, 4) is 0 Å². The molecule has 1 aliphatic rings. The van der Waals surface area contributed by atoms with Gasteiger partial charge in [-0.2, -0.15) is 0 Å². The highest BCUT2D eigenvalue weighted by Crippen LogP contribution is 2.51. The van der Waals surface area contributed by atoms with Crippen molar-refractivity contribution in [2.75, 3.05) is 0 Å². The topological polar surface area (TPSA) is 37.3 Å². The third-order valence-electron chi connectivity index (χ3n) is 3.29. The fourth-order valence-electron chi connectivity index (χ4n) is 2.13. The number of aliphatic carboxylic acids is 1. The lowest BCUT2D eigenvalue weighted by molar-refractivity contribution is -0.137. The molecule has 1 fully saturated rings. The molecular weight excluding hydrogens is 188 g/mol. The van der Waals surface area contributed by atoms with E-state index >= 15 is 0 Å². The molecular formula is C13H16O2. The number of hydrogen-bond donors (Lipinski definition) is 1. The molecule has 15 heavy (non-hydrogen) atoms. The minimum absolute atomic E-state index is 0.0446. The zero-order valence-electron chi connectivity index (χ0n) is 8.99. The van der Waals surface area contributed by atoms with Crippen molar-refractivity contribution in [2.45, 2.75) is 38.0 Å². The zero-order valence-corrected chi connectivity index (χ0v) is 8.99. The number of aryl methyl sites for hydroxylation is 1. The summed E-state index contributed by atoms with van der Waals surface area (Å²) < 4.78 is 0. The van der Waals surface area contributed by atoms with Crippen molar-refractivity contribution < 1.29 is 9.90 Å². The van der Waals surface area contributed by atoms with E-state index in [2.05, 4.69) is 25.1 Å². The Hall–Kier alpha value is -1.31. The van der Waals surface area contributed by atoms with Gasteiger partial charge in [-0.3, -0.25) is 4.79 Å². The largest absolute Gasteiger partial charge is 0.481 e. The van der Waals surface area contributed by atoms with Crippen LogP contribution in [-0.4, -0.2) is 11.1 Å². The quantitative estimate of drug-likeness (QED) is 0.818. The predicted octanol–water partition coefficient (Wildman–Crippen LogP) is 2.76. The first-order valence-corrected chi connectivity index (χ1v) is 5.47. The van der Waals surface area contributed by atoms with E-state index in [4.69, 9.17) is 5.11 Å². The zero-order chi connectivity index (χ0) is 10.9. The molecule has 0 amide bonds. The van der Waals surface area contributed by atoms with Gasteiger partial charge in [0, 0.05) is 5.41 Å². The van der Waals surface area contributed by atoms with Gasteiger partial charge in [0.2, 0.25) is 0 Å². The van der Waals surface area contributed by atoms with Crippen LogP contribution in [0.4, 0.5) is 0 Å². The molecule has 0 bridgehead atoms. The molecule has 0 radical (unpaired) electrons. The highest BCUT2D eigenvalue weighted by Gasteiger charge is 2.45. The first-order chi connectivity index (χ1) is 7.16. The maximum absolute atomic E-state index is 10.8. The van der Waals surface area contributed by atoms with Crippen LogP contribution in [0.1, 0.15) is 37.3 Å². The summed E-state index contributed by atoms with van der Waals surface area (Å²) >= 11 is 0. The third-order valence-corrected chi connectivity index (χ3v) is 3.29. The number of carbonyl (C=O) groups is 1. The summed E-state index contributed by atoms with van der Waals surface area (Å²) in [5.74, 6) is -0.686. The van der Waals surface area contributed by atoms with Gasteiger partial charge in [-0.25, -0.2) is 0 Å². The van der Waals surface area contributed by atoms with Crippen molar-refractivity contribution >= 4 is 5.97 Å². The van der Waals surface area contributed by atoms with Crippen molar-refractivity contribution in [1.82, 2.24) is 0 Å². The lowest BCUT2D eigenvalue weighted by Gasteiger charge is -2.13. The Labute approximate surface area is 89.9 Å². The fourth-order valence-corrected chi connectivity index (χ4v) is 2.13. The third kappa shape index (κ3) is 2.04. The Morgan fingerprint density at radius 2 is 2.20 bits per heavy atom. The molecule has 0 saturated heterocycles. The van der Waals surface area contributed by atoms with Crippen molar-refractivity contribution in [1.29, 1.82) is 0 Å². The maximum Gasteiger partial charge on any atom is 0.304 e. The lowest BCUT2D eigenvalue weighted by Crippen LogP contribution is -2.13. The van der Waals surface area contributed by atoms with E-state index < -0.39 is 5.97 Å². The Balaban J connectivity index is 2.25. The van der Waals surface area contributed by atoms with Gasteiger partial charge in [-0.15, -0.1) is 0 Å². The summed E-state index contributed by atoms with van der Waals surface area (Å²) in [6, 6.07) is 8.36. The number of hydrogen-bond acceptors (Lipinski definition) is 1. The Bertz CT molecular complexity index is 378. The first kappa shape index (κ1) is 10.2. The van der Waals surface area contributed by atoms with E-state index in [0.717, 1.165) is 19.3 Å². The highest BCUT2D eigenvalue weighted by atomic mass is 16.4. The highest BCUT2D eigenvalue weighted by molar-refractivity contribution is 5.70. The number of carboxylic acids is 1. The van der Waals surface area contributed by atoms with Crippen LogP contribution in [0.25, 0.3) is 0 Å². The summed E-state index contributed by atoms with van der Waals surface area (Å²) in [5, 5.41) is 8.88. The van der Waals surface area contributed by atoms with E-state index in [1.54, 1.807) is 0 Å².